The van der Waals surface area contributed by atoms with Crippen molar-refractivity contribution in [3.05, 3.63) is 18.2 Å². The quantitative estimate of drug-likeness (QED) is 0.0653. The molecule has 2 heteroatoms. The van der Waals surface area contributed by atoms with Gasteiger partial charge in [-0.15, -0.1) is 0 Å². The van der Waals surface area contributed by atoms with Gasteiger partial charge in [-0.25, -0.2) is 9.55 Å². The minimum Gasteiger partial charge on any atom is -0.247 e. The average Bonchev–Trinajstić information content (AvgIpc) is 3.47. The molecule has 41 heavy (non-hydrogen) atoms. The van der Waals surface area contributed by atoms with Crippen LogP contribution in [0.25, 0.3) is 0 Å². The highest BCUT2D eigenvalue weighted by molar-refractivity contribution is 4.90. The number of aromatic amines is 1. The summed E-state index contributed by atoms with van der Waals surface area (Å²) in [6.45, 7) is 9.39. The summed E-state index contributed by atoms with van der Waals surface area (Å²) in [6, 6.07) is 0.621. The molecule has 0 fully saturated rings. The predicted octanol–water partition coefficient (Wildman–Crippen LogP) is 13.7. The van der Waals surface area contributed by atoms with Gasteiger partial charge in [-0.05, 0) is 32.6 Å². The summed E-state index contributed by atoms with van der Waals surface area (Å²) in [7, 11) is 0. The van der Waals surface area contributed by atoms with E-state index in [1.54, 1.807) is 0 Å². The van der Waals surface area contributed by atoms with Crippen LogP contribution in [0.4, 0.5) is 0 Å². The number of rotatable bonds is 32. The molecule has 0 radical (unpaired) electrons. The fourth-order valence-electron chi connectivity index (χ4n) is 6.78. The van der Waals surface area contributed by atoms with E-state index in [0.717, 1.165) is 0 Å². The van der Waals surface area contributed by atoms with E-state index < -0.39 is 0 Å². The fourth-order valence-corrected chi connectivity index (χ4v) is 6.78. The van der Waals surface area contributed by atoms with Gasteiger partial charge >= 0.3 is 0 Å². The summed E-state index contributed by atoms with van der Waals surface area (Å²) in [6.07, 6.45) is 47.2. The summed E-state index contributed by atoms with van der Waals surface area (Å²) in [5.74, 6) is 2.24. The largest absolute Gasteiger partial charge is 0.257 e. The standard InChI is InChI=1S/C39H76N2/c1-5-8-11-14-16-18-19-20-21-22-23-24-26-28-31-34-38(33-30-27-25-17-15-12-9-6-2)39-40-35-36-41(39)37(4)32-29-13-10-7-3/h35-38H,5-34H2,1-4H3/p+1. The Morgan fingerprint density at radius 3 is 1.17 bits per heavy atom. The zero-order chi connectivity index (χ0) is 29.6. The molecule has 1 aromatic rings. The molecule has 0 aliphatic carbocycles. The van der Waals surface area contributed by atoms with Gasteiger partial charge in [0.2, 0.25) is 0 Å². The maximum absolute atomic E-state index is 3.73. The van der Waals surface area contributed by atoms with Gasteiger partial charge < -0.3 is 0 Å². The van der Waals surface area contributed by atoms with Crippen LogP contribution in [0.2, 0.25) is 0 Å². The number of nitrogens with one attached hydrogen (secondary N) is 1. The van der Waals surface area contributed by atoms with Crippen molar-refractivity contribution in [1.29, 1.82) is 0 Å². The van der Waals surface area contributed by atoms with Crippen LogP contribution in [-0.4, -0.2) is 4.98 Å². The van der Waals surface area contributed by atoms with Crippen LogP contribution in [0.5, 0.6) is 0 Å². The van der Waals surface area contributed by atoms with Gasteiger partial charge in [-0.2, -0.15) is 0 Å². The second kappa shape index (κ2) is 29.3. The third kappa shape index (κ3) is 21.5. The molecule has 0 aliphatic rings. The van der Waals surface area contributed by atoms with Gasteiger partial charge in [0, 0.05) is 0 Å². The third-order valence-corrected chi connectivity index (χ3v) is 9.64. The van der Waals surface area contributed by atoms with Crippen molar-refractivity contribution in [3.63, 3.8) is 0 Å². The first-order valence-electron chi connectivity index (χ1n) is 19.3. The minimum atomic E-state index is 0.621. The van der Waals surface area contributed by atoms with E-state index in [4.69, 9.17) is 0 Å². The lowest BCUT2D eigenvalue weighted by molar-refractivity contribution is -0.727. The number of unbranched alkanes of at least 4 members (excludes halogenated alkanes) is 24. The molecule has 0 aliphatic heterocycles. The van der Waals surface area contributed by atoms with Crippen molar-refractivity contribution in [1.82, 2.24) is 4.98 Å². The van der Waals surface area contributed by atoms with Gasteiger partial charge in [0.05, 0.1) is 12.0 Å². The van der Waals surface area contributed by atoms with E-state index in [9.17, 15) is 0 Å². The molecule has 0 saturated heterocycles. The Hall–Kier alpha value is -0.790. The predicted molar refractivity (Wildman–Crippen MR) is 184 cm³/mol. The minimum absolute atomic E-state index is 0.621. The summed E-state index contributed by atoms with van der Waals surface area (Å²) in [5, 5.41) is 0. The summed E-state index contributed by atoms with van der Waals surface area (Å²) in [5.41, 5.74) is 0. The maximum Gasteiger partial charge on any atom is 0.257 e. The highest BCUT2D eigenvalue weighted by Crippen LogP contribution is 2.27. The van der Waals surface area contributed by atoms with Gasteiger partial charge in [0.1, 0.15) is 12.4 Å². The lowest BCUT2D eigenvalue weighted by atomic mass is 9.92. The highest BCUT2D eigenvalue weighted by atomic mass is 15.1. The van der Waals surface area contributed by atoms with Crippen molar-refractivity contribution >= 4 is 0 Å². The molecule has 0 aromatic carbocycles. The number of aromatic nitrogens is 2. The topological polar surface area (TPSA) is 19.7 Å². The average molecular weight is 574 g/mol. The Bertz CT molecular complexity index is 635. The zero-order valence-corrected chi connectivity index (χ0v) is 29.0. The molecule has 2 nitrogen and oxygen atoms in total. The SMILES string of the molecule is CCCCCCCCCCCCCCCCCC(CCCCCCCCCC)c1[nH]cc[n+]1C(C)CCCCCC. The Labute approximate surface area is 259 Å². The normalized spacial score (nSPS) is 13.2. The van der Waals surface area contributed by atoms with Crippen LogP contribution < -0.4 is 4.57 Å². The Morgan fingerprint density at radius 2 is 0.780 bits per heavy atom. The Morgan fingerprint density at radius 1 is 0.463 bits per heavy atom. The van der Waals surface area contributed by atoms with Crippen molar-refractivity contribution in [2.24, 2.45) is 0 Å². The number of nitrogens with zero attached hydrogens (tertiary/aromatic N) is 1. The van der Waals surface area contributed by atoms with E-state index in [0.29, 0.717) is 12.0 Å². The van der Waals surface area contributed by atoms with Crippen LogP contribution in [0, 0.1) is 0 Å². The Kier molecular flexibility index (Phi) is 27.3. The molecule has 2 unspecified atom stereocenters. The monoisotopic (exact) mass is 574 g/mol. The smallest absolute Gasteiger partial charge is 0.247 e. The van der Waals surface area contributed by atoms with E-state index in [1.807, 2.05) is 0 Å². The van der Waals surface area contributed by atoms with Crippen molar-refractivity contribution < 1.29 is 4.57 Å². The first kappa shape index (κ1) is 38.2. The zero-order valence-electron chi connectivity index (χ0n) is 29.0. The lowest BCUT2D eigenvalue weighted by Crippen LogP contribution is -2.41. The number of hydrogen-bond donors (Lipinski definition) is 1. The van der Waals surface area contributed by atoms with Gasteiger partial charge in [-0.3, -0.25) is 0 Å². The van der Waals surface area contributed by atoms with Crippen LogP contribution in [-0.2, 0) is 0 Å². The van der Waals surface area contributed by atoms with E-state index in [2.05, 4.69) is 49.6 Å². The summed E-state index contributed by atoms with van der Waals surface area (Å²) >= 11 is 0. The number of H-pyrrole nitrogens is 1. The Balaban J connectivity index is 2.33. The van der Waals surface area contributed by atoms with Gasteiger partial charge in [0.15, 0.2) is 0 Å². The number of hydrogen-bond acceptors (Lipinski definition) is 0. The molecule has 1 aromatic heterocycles. The van der Waals surface area contributed by atoms with E-state index in [-0.39, 0.29) is 0 Å². The first-order chi connectivity index (χ1) is 20.2. The van der Waals surface area contributed by atoms with Crippen LogP contribution in [0.1, 0.15) is 238 Å². The molecule has 0 spiro atoms. The van der Waals surface area contributed by atoms with Crippen molar-refractivity contribution in [3.8, 4) is 0 Å². The summed E-state index contributed by atoms with van der Waals surface area (Å²) < 4.78 is 2.62. The van der Waals surface area contributed by atoms with Crippen molar-refractivity contribution in [2.75, 3.05) is 0 Å². The molecule has 2 atom stereocenters. The lowest BCUT2D eigenvalue weighted by Gasteiger charge is -2.17. The van der Waals surface area contributed by atoms with Gasteiger partial charge in [0.25, 0.3) is 5.82 Å². The second-order valence-electron chi connectivity index (χ2n) is 13.6. The fraction of sp³-hybridized carbons (Fsp3) is 0.923. The van der Waals surface area contributed by atoms with Crippen LogP contribution in [0.15, 0.2) is 12.4 Å². The molecule has 0 amide bonds. The molecular weight excluding hydrogens is 496 g/mol. The third-order valence-electron chi connectivity index (χ3n) is 9.64. The van der Waals surface area contributed by atoms with E-state index >= 15 is 0 Å². The molecule has 1 heterocycles. The molecule has 0 saturated carbocycles. The maximum atomic E-state index is 3.73. The first-order valence-corrected chi connectivity index (χ1v) is 19.3. The molecule has 0 bridgehead atoms. The number of imidazole rings is 1. The van der Waals surface area contributed by atoms with Crippen molar-refractivity contribution in [2.45, 2.75) is 232 Å². The van der Waals surface area contributed by atoms with Crippen LogP contribution >= 0.6 is 0 Å². The highest BCUT2D eigenvalue weighted by Gasteiger charge is 2.25. The molecule has 242 valence electrons. The molecule has 1 rings (SSSR count). The molecular formula is C39H77N2+. The van der Waals surface area contributed by atoms with E-state index in [1.165, 1.54) is 198 Å². The summed E-state index contributed by atoms with van der Waals surface area (Å²) in [4.78, 5) is 3.73. The second-order valence-corrected chi connectivity index (χ2v) is 13.6. The van der Waals surface area contributed by atoms with Gasteiger partial charge in [-0.1, -0.05) is 188 Å². The van der Waals surface area contributed by atoms with Crippen LogP contribution in [0.3, 0.4) is 0 Å². The molecule has 1 N–H and O–H groups in total.